The third kappa shape index (κ3) is 9.46. The van der Waals surface area contributed by atoms with Gasteiger partial charge in [-0.15, -0.1) is 0 Å². The second-order valence-electron chi connectivity index (χ2n) is 4.30. The van der Waals surface area contributed by atoms with Crippen molar-refractivity contribution in [1.29, 1.82) is 0 Å². The smallest absolute Gasteiger partial charge is 0.317 e. The summed E-state index contributed by atoms with van der Waals surface area (Å²) < 4.78 is 5.47. The van der Waals surface area contributed by atoms with Crippen molar-refractivity contribution in [3.05, 3.63) is 35.9 Å². The standard InChI is InChI=1S/C14H23N3O3/c18-14(19)10-16-8-6-15-7-9-17-12-20-11-13-4-2-1-3-5-13/h1-5,15-17H,6-12H2,(H,18,19). The highest BCUT2D eigenvalue weighted by molar-refractivity contribution is 5.68. The summed E-state index contributed by atoms with van der Waals surface area (Å²) >= 11 is 0. The Morgan fingerprint density at radius 2 is 1.65 bits per heavy atom. The molecule has 0 fully saturated rings. The van der Waals surface area contributed by atoms with Crippen molar-refractivity contribution in [2.45, 2.75) is 6.61 Å². The number of hydrogen-bond donors (Lipinski definition) is 4. The molecule has 112 valence electrons. The van der Waals surface area contributed by atoms with Gasteiger partial charge in [0.05, 0.1) is 19.9 Å². The van der Waals surface area contributed by atoms with Gasteiger partial charge in [-0.25, -0.2) is 0 Å². The molecular formula is C14H23N3O3. The van der Waals surface area contributed by atoms with Crippen LogP contribution in [-0.2, 0) is 16.1 Å². The highest BCUT2D eigenvalue weighted by Crippen LogP contribution is 1.99. The van der Waals surface area contributed by atoms with Crippen LogP contribution in [0.4, 0.5) is 0 Å². The molecule has 0 saturated heterocycles. The molecule has 1 rings (SSSR count). The van der Waals surface area contributed by atoms with Gasteiger partial charge in [-0.3, -0.25) is 10.1 Å². The van der Waals surface area contributed by atoms with Crippen LogP contribution in [0.25, 0.3) is 0 Å². The highest BCUT2D eigenvalue weighted by atomic mass is 16.5. The lowest BCUT2D eigenvalue weighted by Crippen LogP contribution is -2.34. The zero-order chi connectivity index (χ0) is 14.5. The molecule has 0 aliphatic rings. The molecule has 1 aromatic rings. The molecule has 0 amide bonds. The van der Waals surface area contributed by atoms with E-state index in [0.717, 1.165) is 25.2 Å². The Kier molecular flexibility index (Phi) is 9.42. The zero-order valence-corrected chi connectivity index (χ0v) is 11.6. The minimum Gasteiger partial charge on any atom is -0.480 e. The Balaban J connectivity index is 1.80. The number of rotatable bonds is 12. The second-order valence-corrected chi connectivity index (χ2v) is 4.30. The van der Waals surface area contributed by atoms with Gasteiger partial charge in [0.15, 0.2) is 0 Å². The van der Waals surface area contributed by atoms with Crippen molar-refractivity contribution in [3.63, 3.8) is 0 Å². The summed E-state index contributed by atoms with van der Waals surface area (Å²) in [5.41, 5.74) is 1.16. The van der Waals surface area contributed by atoms with Crippen LogP contribution in [0, 0.1) is 0 Å². The van der Waals surface area contributed by atoms with E-state index in [1.54, 1.807) is 0 Å². The van der Waals surface area contributed by atoms with Crippen molar-refractivity contribution in [3.8, 4) is 0 Å². The summed E-state index contributed by atoms with van der Waals surface area (Å²) in [6, 6.07) is 10.0. The van der Waals surface area contributed by atoms with Crippen LogP contribution < -0.4 is 16.0 Å². The number of carboxylic acid groups (broad SMARTS) is 1. The maximum Gasteiger partial charge on any atom is 0.317 e. The first kappa shape index (κ1) is 16.6. The lowest BCUT2D eigenvalue weighted by molar-refractivity contribution is -0.135. The molecule has 6 heteroatoms. The van der Waals surface area contributed by atoms with Gasteiger partial charge in [0.2, 0.25) is 0 Å². The first-order chi connectivity index (χ1) is 9.79. The topological polar surface area (TPSA) is 82.6 Å². The number of aliphatic carboxylic acids is 1. The van der Waals surface area contributed by atoms with E-state index in [2.05, 4.69) is 16.0 Å². The van der Waals surface area contributed by atoms with Gasteiger partial charge in [-0.1, -0.05) is 30.3 Å². The SMILES string of the molecule is O=C(O)CNCCNCCNCOCc1ccccc1. The quantitative estimate of drug-likeness (QED) is 0.319. The molecule has 1 aromatic carbocycles. The summed E-state index contributed by atoms with van der Waals surface area (Å²) in [5, 5.41) is 17.6. The fraction of sp³-hybridized carbons (Fsp3) is 0.500. The molecule has 0 atom stereocenters. The molecule has 0 spiro atoms. The van der Waals surface area contributed by atoms with Gasteiger partial charge in [-0.05, 0) is 5.56 Å². The maximum atomic E-state index is 10.2. The predicted molar refractivity (Wildman–Crippen MR) is 77.5 cm³/mol. The Bertz CT molecular complexity index is 360. The molecule has 0 saturated carbocycles. The lowest BCUT2D eigenvalue weighted by Gasteiger charge is -2.08. The number of hydrogen-bond acceptors (Lipinski definition) is 5. The normalized spacial score (nSPS) is 10.6. The minimum atomic E-state index is -0.831. The summed E-state index contributed by atoms with van der Waals surface area (Å²) in [7, 11) is 0. The Morgan fingerprint density at radius 1 is 1.00 bits per heavy atom. The van der Waals surface area contributed by atoms with Crippen molar-refractivity contribution in [2.24, 2.45) is 0 Å². The van der Waals surface area contributed by atoms with Gasteiger partial charge in [0, 0.05) is 26.2 Å². The van der Waals surface area contributed by atoms with Crippen molar-refractivity contribution >= 4 is 5.97 Å². The van der Waals surface area contributed by atoms with Crippen LogP contribution in [0.15, 0.2) is 30.3 Å². The lowest BCUT2D eigenvalue weighted by atomic mass is 10.2. The molecular weight excluding hydrogens is 258 g/mol. The van der Waals surface area contributed by atoms with E-state index >= 15 is 0 Å². The first-order valence-corrected chi connectivity index (χ1v) is 6.74. The summed E-state index contributed by atoms with van der Waals surface area (Å²) in [5.74, 6) is -0.831. The van der Waals surface area contributed by atoms with Gasteiger partial charge in [0.1, 0.15) is 0 Å². The fourth-order valence-corrected chi connectivity index (χ4v) is 1.56. The maximum absolute atomic E-state index is 10.2. The number of nitrogens with one attached hydrogen (secondary N) is 3. The number of carboxylic acids is 1. The van der Waals surface area contributed by atoms with Crippen LogP contribution in [0.1, 0.15) is 5.56 Å². The van der Waals surface area contributed by atoms with E-state index in [4.69, 9.17) is 9.84 Å². The fourth-order valence-electron chi connectivity index (χ4n) is 1.56. The number of ether oxygens (including phenoxy) is 1. The minimum absolute atomic E-state index is 0.00720. The molecule has 0 heterocycles. The van der Waals surface area contributed by atoms with Gasteiger partial charge in [-0.2, -0.15) is 0 Å². The van der Waals surface area contributed by atoms with E-state index in [9.17, 15) is 4.79 Å². The second kappa shape index (κ2) is 11.4. The van der Waals surface area contributed by atoms with E-state index in [0.29, 0.717) is 19.9 Å². The molecule has 6 nitrogen and oxygen atoms in total. The van der Waals surface area contributed by atoms with E-state index in [-0.39, 0.29) is 6.54 Å². The number of carbonyl (C=O) groups is 1. The van der Waals surface area contributed by atoms with Gasteiger partial charge < -0.3 is 20.5 Å². The Labute approximate surface area is 119 Å². The first-order valence-electron chi connectivity index (χ1n) is 6.74. The third-order valence-corrected chi connectivity index (χ3v) is 2.55. The molecule has 0 bridgehead atoms. The molecule has 20 heavy (non-hydrogen) atoms. The van der Waals surface area contributed by atoms with Crippen molar-refractivity contribution in [2.75, 3.05) is 39.5 Å². The van der Waals surface area contributed by atoms with E-state index < -0.39 is 5.97 Å². The Hall–Kier alpha value is -1.47. The zero-order valence-electron chi connectivity index (χ0n) is 11.6. The average molecular weight is 281 g/mol. The summed E-state index contributed by atoms with van der Waals surface area (Å²) in [4.78, 5) is 10.2. The van der Waals surface area contributed by atoms with Gasteiger partial charge in [0.25, 0.3) is 0 Å². The molecule has 0 aliphatic carbocycles. The van der Waals surface area contributed by atoms with Crippen LogP contribution in [0.2, 0.25) is 0 Å². The Morgan fingerprint density at radius 3 is 2.35 bits per heavy atom. The molecule has 0 aromatic heterocycles. The average Bonchev–Trinajstić information content (AvgIpc) is 2.45. The predicted octanol–water partition coefficient (Wildman–Crippen LogP) is 0.0141. The molecule has 0 unspecified atom stereocenters. The van der Waals surface area contributed by atoms with Crippen LogP contribution in [0.3, 0.4) is 0 Å². The highest BCUT2D eigenvalue weighted by Gasteiger charge is 1.94. The molecule has 0 aliphatic heterocycles. The molecule has 4 N–H and O–H groups in total. The summed E-state index contributed by atoms with van der Waals surface area (Å²) in [6.45, 7) is 4.18. The summed E-state index contributed by atoms with van der Waals surface area (Å²) in [6.07, 6.45) is 0. The van der Waals surface area contributed by atoms with Crippen molar-refractivity contribution in [1.82, 2.24) is 16.0 Å². The molecule has 0 radical (unpaired) electrons. The number of benzene rings is 1. The van der Waals surface area contributed by atoms with Gasteiger partial charge >= 0.3 is 5.97 Å². The van der Waals surface area contributed by atoms with Crippen LogP contribution in [0.5, 0.6) is 0 Å². The van der Waals surface area contributed by atoms with Crippen LogP contribution >= 0.6 is 0 Å². The van der Waals surface area contributed by atoms with E-state index in [1.165, 1.54) is 0 Å². The van der Waals surface area contributed by atoms with Crippen LogP contribution in [-0.4, -0.2) is 50.5 Å². The third-order valence-electron chi connectivity index (χ3n) is 2.55. The van der Waals surface area contributed by atoms with E-state index in [1.807, 2.05) is 30.3 Å². The largest absolute Gasteiger partial charge is 0.480 e. The monoisotopic (exact) mass is 281 g/mol. The van der Waals surface area contributed by atoms with Crippen molar-refractivity contribution < 1.29 is 14.6 Å².